The zero-order valence-electron chi connectivity index (χ0n) is 17.1. The van der Waals surface area contributed by atoms with Gasteiger partial charge >= 0.3 is 0 Å². The first-order valence-electron chi connectivity index (χ1n) is 10.7. The van der Waals surface area contributed by atoms with Gasteiger partial charge in [-0.2, -0.15) is 0 Å². The fourth-order valence-electron chi connectivity index (χ4n) is 4.34. The summed E-state index contributed by atoms with van der Waals surface area (Å²) in [4.78, 5) is 16.4. The predicted octanol–water partition coefficient (Wildman–Crippen LogP) is 4.85. The zero-order chi connectivity index (χ0) is 21.2. The van der Waals surface area contributed by atoms with Gasteiger partial charge in [0.05, 0.1) is 6.04 Å². The van der Waals surface area contributed by atoms with Crippen LogP contribution in [0.1, 0.15) is 52.9 Å². The van der Waals surface area contributed by atoms with Gasteiger partial charge in [-0.1, -0.05) is 36.2 Å². The van der Waals surface area contributed by atoms with Crippen molar-refractivity contribution in [3.8, 4) is 0 Å². The van der Waals surface area contributed by atoms with Crippen LogP contribution in [0.15, 0.2) is 54.7 Å². The maximum atomic E-state index is 13.1. The fraction of sp³-hybridized carbons (Fsp3) is 0.292. The van der Waals surface area contributed by atoms with Crippen LogP contribution in [0.25, 0.3) is 10.9 Å². The van der Waals surface area contributed by atoms with Crippen LogP contribution in [-0.4, -0.2) is 25.7 Å². The third-order valence-electron chi connectivity index (χ3n) is 5.96. The highest BCUT2D eigenvalue weighted by molar-refractivity contribution is 6.30. The smallest absolute Gasteiger partial charge is 0.251 e. The van der Waals surface area contributed by atoms with Crippen molar-refractivity contribution in [1.82, 2.24) is 25.1 Å². The number of H-pyrrole nitrogens is 1. The molecule has 1 aliphatic heterocycles. The number of halogens is 1. The van der Waals surface area contributed by atoms with Crippen molar-refractivity contribution in [2.75, 3.05) is 0 Å². The quantitative estimate of drug-likeness (QED) is 0.472. The minimum Gasteiger partial charge on any atom is -0.361 e. The van der Waals surface area contributed by atoms with E-state index in [0.717, 1.165) is 53.9 Å². The normalized spacial score (nSPS) is 14.7. The van der Waals surface area contributed by atoms with Gasteiger partial charge in [0, 0.05) is 47.1 Å². The van der Waals surface area contributed by atoms with Crippen molar-refractivity contribution >= 4 is 28.4 Å². The standard InChI is InChI=1S/C24H24ClN5O/c25-18-11-9-16(10-12-18)24(31)27-21(14-17-15-26-20-7-4-3-6-19(17)20)23-29-28-22-8-2-1-5-13-30(22)23/h3-4,6-7,9-12,15,21,26H,1-2,5,8,13-14H2,(H,27,31)/t21-/m1/s1. The van der Waals surface area contributed by atoms with Crippen molar-refractivity contribution in [3.05, 3.63) is 82.5 Å². The Labute approximate surface area is 185 Å². The molecular formula is C24H24ClN5O. The van der Waals surface area contributed by atoms with Crippen molar-refractivity contribution in [2.45, 2.75) is 44.7 Å². The second-order valence-corrected chi connectivity index (χ2v) is 8.47. The molecule has 1 atom stereocenters. The van der Waals surface area contributed by atoms with Gasteiger partial charge in [-0.25, -0.2) is 0 Å². The molecule has 1 aliphatic rings. The van der Waals surface area contributed by atoms with Crippen LogP contribution >= 0.6 is 11.6 Å². The van der Waals surface area contributed by atoms with Crippen LogP contribution < -0.4 is 5.32 Å². The molecule has 0 saturated heterocycles. The number of aromatic nitrogens is 4. The molecule has 158 valence electrons. The Hall–Kier alpha value is -3.12. The summed E-state index contributed by atoms with van der Waals surface area (Å²) < 4.78 is 2.20. The highest BCUT2D eigenvalue weighted by Gasteiger charge is 2.25. The number of hydrogen-bond acceptors (Lipinski definition) is 3. The molecule has 5 rings (SSSR count). The summed E-state index contributed by atoms with van der Waals surface area (Å²) in [6, 6.07) is 14.9. The second kappa shape index (κ2) is 8.55. The van der Waals surface area contributed by atoms with Gasteiger partial charge in [0.25, 0.3) is 5.91 Å². The number of nitrogens with one attached hydrogen (secondary N) is 2. The summed E-state index contributed by atoms with van der Waals surface area (Å²) >= 11 is 5.99. The maximum absolute atomic E-state index is 13.1. The third-order valence-corrected chi connectivity index (χ3v) is 6.21. The van der Waals surface area contributed by atoms with E-state index in [-0.39, 0.29) is 11.9 Å². The number of carbonyl (C=O) groups is 1. The van der Waals surface area contributed by atoms with E-state index in [1.807, 2.05) is 18.3 Å². The summed E-state index contributed by atoms with van der Waals surface area (Å²) in [6.45, 7) is 0.888. The van der Waals surface area contributed by atoms with Crippen molar-refractivity contribution in [3.63, 3.8) is 0 Å². The van der Waals surface area contributed by atoms with Crippen LogP contribution in [0.4, 0.5) is 0 Å². The molecule has 0 aliphatic carbocycles. The number of amides is 1. The van der Waals surface area contributed by atoms with Gasteiger partial charge in [0.15, 0.2) is 5.82 Å². The number of benzene rings is 2. The van der Waals surface area contributed by atoms with E-state index in [2.05, 4.69) is 37.2 Å². The van der Waals surface area contributed by atoms with E-state index in [1.165, 1.54) is 6.42 Å². The first-order chi connectivity index (χ1) is 15.2. The van der Waals surface area contributed by atoms with E-state index in [1.54, 1.807) is 24.3 Å². The summed E-state index contributed by atoms with van der Waals surface area (Å²) in [6.07, 6.45) is 6.99. The molecule has 1 amide bonds. The van der Waals surface area contributed by atoms with Gasteiger partial charge in [0.1, 0.15) is 5.82 Å². The monoisotopic (exact) mass is 433 g/mol. The van der Waals surface area contributed by atoms with Crippen LogP contribution in [0.2, 0.25) is 5.02 Å². The Bertz CT molecular complexity index is 1210. The number of rotatable bonds is 5. The van der Waals surface area contributed by atoms with E-state index in [0.29, 0.717) is 17.0 Å². The number of fused-ring (bicyclic) bond motifs is 2. The lowest BCUT2D eigenvalue weighted by molar-refractivity contribution is 0.0934. The maximum Gasteiger partial charge on any atom is 0.251 e. The van der Waals surface area contributed by atoms with Crippen LogP contribution in [-0.2, 0) is 19.4 Å². The molecule has 2 aromatic heterocycles. The lowest BCUT2D eigenvalue weighted by atomic mass is 10.0. The summed E-state index contributed by atoms with van der Waals surface area (Å²) in [7, 11) is 0. The molecular weight excluding hydrogens is 410 g/mol. The van der Waals surface area contributed by atoms with Gasteiger partial charge in [-0.05, 0) is 48.7 Å². The minimum absolute atomic E-state index is 0.146. The highest BCUT2D eigenvalue weighted by Crippen LogP contribution is 2.26. The lowest BCUT2D eigenvalue weighted by Gasteiger charge is -2.19. The number of para-hydroxylation sites is 1. The van der Waals surface area contributed by atoms with Gasteiger partial charge in [-0.15, -0.1) is 10.2 Å². The Morgan fingerprint density at radius 2 is 1.94 bits per heavy atom. The molecule has 7 heteroatoms. The van der Waals surface area contributed by atoms with Gasteiger partial charge in [0.2, 0.25) is 0 Å². The molecule has 2 aromatic carbocycles. The van der Waals surface area contributed by atoms with Crippen molar-refractivity contribution < 1.29 is 4.79 Å². The predicted molar refractivity (Wildman–Crippen MR) is 121 cm³/mol. The number of aromatic amines is 1. The average Bonchev–Trinajstić information content (AvgIpc) is 3.30. The molecule has 0 saturated carbocycles. The first kappa shape index (κ1) is 19.8. The second-order valence-electron chi connectivity index (χ2n) is 8.03. The highest BCUT2D eigenvalue weighted by atomic mass is 35.5. The average molecular weight is 434 g/mol. The molecule has 31 heavy (non-hydrogen) atoms. The number of carbonyl (C=O) groups excluding carboxylic acids is 1. The third kappa shape index (κ3) is 4.08. The minimum atomic E-state index is -0.290. The number of aryl methyl sites for hydroxylation is 1. The van der Waals surface area contributed by atoms with Crippen LogP contribution in [0, 0.1) is 0 Å². The molecule has 6 nitrogen and oxygen atoms in total. The van der Waals surface area contributed by atoms with E-state index in [9.17, 15) is 4.79 Å². The van der Waals surface area contributed by atoms with Crippen molar-refractivity contribution in [2.24, 2.45) is 0 Å². The molecule has 3 heterocycles. The molecule has 4 aromatic rings. The van der Waals surface area contributed by atoms with Gasteiger partial charge in [-0.3, -0.25) is 4.79 Å². The Balaban J connectivity index is 1.50. The summed E-state index contributed by atoms with van der Waals surface area (Å²) in [5, 5.41) is 14.0. The topological polar surface area (TPSA) is 75.6 Å². The van der Waals surface area contributed by atoms with E-state index in [4.69, 9.17) is 11.6 Å². The molecule has 0 bridgehead atoms. The Kier molecular flexibility index (Phi) is 5.47. The molecule has 0 radical (unpaired) electrons. The van der Waals surface area contributed by atoms with Crippen LogP contribution in [0.3, 0.4) is 0 Å². The fourth-order valence-corrected chi connectivity index (χ4v) is 4.46. The van der Waals surface area contributed by atoms with Crippen molar-refractivity contribution in [1.29, 1.82) is 0 Å². The summed E-state index contributed by atoms with van der Waals surface area (Å²) in [5.74, 6) is 1.69. The number of nitrogens with zero attached hydrogens (tertiary/aromatic N) is 3. The molecule has 2 N–H and O–H groups in total. The SMILES string of the molecule is O=C(N[C@H](Cc1c[nH]c2ccccc12)c1nnc2n1CCCCC2)c1ccc(Cl)cc1. The Morgan fingerprint density at radius 3 is 2.81 bits per heavy atom. The lowest BCUT2D eigenvalue weighted by Crippen LogP contribution is -2.32. The number of hydrogen-bond donors (Lipinski definition) is 2. The molecule has 0 unspecified atom stereocenters. The van der Waals surface area contributed by atoms with Gasteiger partial charge < -0.3 is 14.9 Å². The molecule has 0 fully saturated rings. The summed E-state index contributed by atoms with van der Waals surface area (Å²) in [5.41, 5.74) is 2.80. The van der Waals surface area contributed by atoms with E-state index >= 15 is 0 Å². The Morgan fingerprint density at radius 1 is 1.10 bits per heavy atom. The van der Waals surface area contributed by atoms with Crippen LogP contribution in [0.5, 0.6) is 0 Å². The largest absolute Gasteiger partial charge is 0.361 e. The van der Waals surface area contributed by atoms with E-state index < -0.39 is 0 Å². The molecule has 0 spiro atoms. The zero-order valence-corrected chi connectivity index (χ0v) is 17.9. The first-order valence-corrected chi connectivity index (χ1v) is 11.1.